The predicted octanol–water partition coefficient (Wildman–Crippen LogP) is 4.09. The van der Waals surface area contributed by atoms with E-state index in [0.29, 0.717) is 25.2 Å². The summed E-state index contributed by atoms with van der Waals surface area (Å²) in [6.07, 6.45) is 2.68. The number of fused-ring (bicyclic) bond motifs is 1. The van der Waals surface area contributed by atoms with Crippen LogP contribution in [-0.4, -0.2) is 43.7 Å². The molecular weight excluding hydrogens is 499 g/mol. The normalized spacial score (nSPS) is 15.8. The van der Waals surface area contributed by atoms with Gasteiger partial charge in [-0.3, -0.25) is 5.41 Å². The van der Waals surface area contributed by atoms with E-state index in [-0.39, 0.29) is 40.5 Å². The first-order valence-electron chi connectivity index (χ1n) is 11.0. The number of ether oxygens (including phenoxy) is 1. The second kappa shape index (κ2) is 9.19. The van der Waals surface area contributed by atoms with E-state index in [4.69, 9.17) is 21.6 Å². The molecule has 2 aromatic carbocycles. The van der Waals surface area contributed by atoms with Crippen molar-refractivity contribution < 1.29 is 26.7 Å². The molecule has 14 heteroatoms. The van der Waals surface area contributed by atoms with Crippen LogP contribution in [0.5, 0.6) is 11.5 Å². The van der Waals surface area contributed by atoms with Crippen molar-refractivity contribution in [2.45, 2.75) is 18.9 Å². The van der Waals surface area contributed by atoms with E-state index in [1.807, 2.05) is 0 Å². The van der Waals surface area contributed by atoms with Gasteiger partial charge in [-0.2, -0.15) is 13.9 Å². The predicted molar refractivity (Wildman–Crippen MR) is 123 cm³/mol. The van der Waals surface area contributed by atoms with Crippen LogP contribution in [0.1, 0.15) is 18.9 Å². The molecule has 0 spiro atoms. The van der Waals surface area contributed by atoms with Crippen molar-refractivity contribution in [3.05, 3.63) is 59.7 Å². The minimum absolute atomic E-state index is 0.0388. The number of guanidine groups is 1. The van der Waals surface area contributed by atoms with Gasteiger partial charge in [-0.15, -0.1) is 0 Å². The van der Waals surface area contributed by atoms with Gasteiger partial charge in [-0.1, -0.05) is 0 Å². The molecule has 1 aliphatic heterocycles. The number of hydrogen-bond donors (Lipinski definition) is 3. The molecule has 0 saturated carbocycles. The van der Waals surface area contributed by atoms with E-state index in [2.05, 4.69) is 15.1 Å². The number of nitrogens with two attached hydrogens (primary N) is 2. The lowest BCUT2D eigenvalue weighted by Crippen LogP contribution is -2.44. The lowest BCUT2D eigenvalue weighted by molar-refractivity contribution is 0.247. The lowest BCUT2D eigenvalue weighted by atomic mass is 10.1. The van der Waals surface area contributed by atoms with Gasteiger partial charge in [0.1, 0.15) is 29.4 Å². The first-order chi connectivity index (χ1) is 17.7. The van der Waals surface area contributed by atoms with Gasteiger partial charge in [-0.25, -0.2) is 27.8 Å². The molecule has 3 heterocycles. The Kier molecular flexibility index (Phi) is 6.01. The van der Waals surface area contributed by atoms with E-state index >= 15 is 4.39 Å². The molecule has 1 fully saturated rings. The highest BCUT2D eigenvalue weighted by atomic mass is 19.2. The Balaban J connectivity index is 1.55. The molecule has 1 unspecified atom stereocenters. The van der Waals surface area contributed by atoms with Gasteiger partial charge < -0.3 is 21.1 Å². The molecule has 1 atom stereocenters. The van der Waals surface area contributed by atoms with Crippen LogP contribution in [0, 0.1) is 34.5 Å². The SMILES string of the molecule is N=C(N)N1CCCC(n2nc(-c3ccc(Oc4c(F)c(F)cc(F)c4F)cc3F)c3c(N)ncnc32)C1. The monoisotopic (exact) mass is 518 g/mol. The van der Waals surface area contributed by atoms with E-state index < -0.39 is 40.6 Å². The molecule has 4 aromatic rings. The second-order valence-corrected chi connectivity index (χ2v) is 8.42. The van der Waals surface area contributed by atoms with Crippen molar-refractivity contribution >= 4 is 22.8 Å². The van der Waals surface area contributed by atoms with Gasteiger partial charge in [0.2, 0.25) is 17.4 Å². The Morgan fingerprint density at radius 3 is 2.43 bits per heavy atom. The van der Waals surface area contributed by atoms with Gasteiger partial charge in [0, 0.05) is 30.8 Å². The Hall–Kier alpha value is -4.49. The second-order valence-electron chi connectivity index (χ2n) is 8.42. The van der Waals surface area contributed by atoms with Crippen LogP contribution in [0.4, 0.5) is 27.8 Å². The Labute approximate surface area is 206 Å². The highest BCUT2D eigenvalue weighted by molar-refractivity contribution is 5.98. The van der Waals surface area contributed by atoms with Crippen LogP contribution in [0.15, 0.2) is 30.6 Å². The zero-order valence-corrected chi connectivity index (χ0v) is 19.0. The maximum Gasteiger partial charge on any atom is 0.204 e. The summed E-state index contributed by atoms with van der Waals surface area (Å²) >= 11 is 0. The van der Waals surface area contributed by atoms with Crippen LogP contribution in [0.25, 0.3) is 22.3 Å². The minimum Gasteiger partial charge on any atom is -0.451 e. The molecule has 5 rings (SSSR count). The highest BCUT2D eigenvalue weighted by Crippen LogP contribution is 2.37. The van der Waals surface area contributed by atoms with E-state index in [9.17, 15) is 17.6 Å². The fourth-order valence-electron chi connectivity index (χ4n) is 4.32. The third-order valence-corrected chi connectivity index (χ3v) is 6.09. The first kappa shape index (κ1) is 24.2. The largest absolute Gasteiger partial charge is 0.451 e. The van der Waals surface area contributed by atoms with Gasteiger partial charge >= 0.3 is 0 Å². The average molecular weight is 518 g/mol. The van der Waals surface area contributed by atoms with Gasteiger partial charge in [0.25, 0.3) is 0 Å². The van der Waals surface area contributed by atoms with Gasteiger partial charge in [0.05, 0.1) is 11.4 Å². The topological polar surface area (TPSA) is 132 Å². The van der Waals surface area contributed by atoms with E-state index in [1.165, 1.54) is 12.4 Å². The zero-order chi connectivity index (χ0) is 26.4. The summed E-state index contributed by atoms with van der Waals surface area (Å²) in [4.78, 5) is 9.94. The van der Waals surface area contributed by atoms with Crippen LogP contribution in [-0.2, 0) is 0 Å². The van der Waals surface area contributed by atoms with Crippen LogP contribution < -0.4 is 16.2 Å². The summed E-state index contributed by atoms with van der Waals surface area (Å²) in [7, 11) is 0. The lowest BCUT2D eigenvalue weighted by Gasteiger charge is -2.33. The van der Waals surface area contributed by atoms with Crippen LogP contribution in [0.3, 0.4) is 0 Å². The van der Waals surface area contributed by atoms with Crippen LogP contribution >= 0.6 is 0 Å². The summed E-state index contributed by atoms with van der Waals surface area (Å²) in [5.74, 6) is -9.55. The summed E-state index contributed by atoms with van der Waals surface area (Å²) in [6.45, 7) is 0.994. The quantitative estimate of drug-likeness (QED) is 0.160. The van der Waals surface area contributed by atoms with Crippen molar-refractivity contribution in [1.82, 2.24) is 24.6 Å². The van der Waals surface area contributed by atoms with Gasteiger partial charge in [0.15, 0.2) is 23.2 Å². The van der Waals surface area contributed by atoms with Crippen molar-refractivity contribution in [2.75, 3.05) is 18.8 Å². The number of nitrogens with zero attached hydrogens (tertiary/aromatic N) is 5. The number of rotatable bonds is 4. The number of benzene rings is 2. The summed E-state index contributed by atoms with van der Waals surface area (Å²) in [6, 6.07) is 2.96. The number of nitrogen functional groups attached to an aromatic ring is 1. The molecule has 192 valence electrons. The van der Waals surface area contributed by atoms with Crippen molar-refractivity contribution in [2.24, 2.45) is 5.73 Å². The Bertz CT molecular complexity index is 1520. The van der Waals surface area contributed by atoms with E-state index in [1.54, 1.807) is 9.58 Å². The number of hydrogen-bond acceptors (Lipinski definition) is 6. The summed E-state index contributed by atoms with van der Waals surface area (Å²) in [5.41, 5.74) is 12.1. The molecule has 9 nitrogen and oxygen atoms in total. The molecule has 0 amide bonds. The molecule has 2 aromatic heterocycles. The van der Waals surface area contributed by atoms with Crippen LogP contribution in [0.2, 0.25) is 0 Å². The number of aromatic nitrogens is 4. The zero-order valence-electron chi connectivity index (χ0n) is 19.0. The molecule has 0 aliphatic carbocycles. The molecular formula is C23H19F5N8O. The molecule has 5 N–H and O–H groups in total. The van der Waals surface area contributed by atoms with Crippen molar-refractivity contribution in [1.29, 1.82) is 5.41 Å². The van der Waals surface area contributed by atoms with Crippen molar-refractivity contribution in [3.63, 3.8) is 0 Å². The maximum absolute atomic E-state index is 15.3. The smallest absolute Gasteiger partial charge is 0.204 e. The molecule has 37 heavy (non-hydrogen) atoms. The number of piperidine rings is 1. The number of anilines is 1. The fourth-order valence-corrected chi connectivity index (χ4v) is 4.32. The minimum atomic E-state index is -1.76. The summed E-state index contributed by atoms with van der Waals surface area (Å²) < 4.78 is 76.8. The number of nitrogens with one attached hydrogen (secondary N) is 1. The summed E-state index contributed by atoms with van der Waals surface area (Å²) in [5, 5.41) is 12.6. The van der Waals surface area contributed by atoms with Crippen molar-refractivity contribution in [3.8, 4) is 22.8 Å². The molecule has 0 radical (unpaired) electrons. The number of halogens is 5. The highest BCUT2D eigenvalue weighted by Gasteiger charge is 2.28. The Morgan fingerprint density at radius 2 is 1.76 bits per heavy atom. The third-order valence-electron chi connectivity index (χ3n) is 6.09. The van der Waals surface area contributed by atoms with Gasteiger partial charge in [-0.05, 0) is 25.0 Å². The molecule has 0 bridgehead atoms. The Morgan fingerprint density at radius 1 is 1.03 bits per heavy atom. The number of likely N-dealkylation sites (tertiary alicyclic amines) is 1. The molecule has 1 saturated heterocycles. The average Bonchev–Trinajstić information content (AvgIpc) is 3.26. The first-order valence-corrected chi connectivity index (χ1v) is 11.0. The standard InChI is InChI=1S/C23H19F5N8O/c24-13-6-11(37-20-17(27)14(25)7-15(26)18(20)28)3-4-12(13)19-16-21(29)32-9-33-22(16)36(34-19)10-2-1-5-35(8-10)23(30)31/h3-4,6-7,9-10H,1-2,5,8H2,(H3,30,31)(H2,29,32,33). The maximum atomic E-state index is 15.3. The fraction of sp³-hybridized carbons (Fsp3) is 0.217. The molecule has 1 aliphatic rings. The van der Waals surface area contributed by atoms with E-state index in [0.717, 1.165) is 18.6 Å². The third kappa shape index (κ3) is 4.23.